The predicted octanol–water partition coefficient (Wildman–Crippen LogP) is 0.774. The summed E-state index contributed by atoms with van der Waals surface area (Å²) >= 11 is 0. The van der Waals surface area contributed by atoms with E-state index in [1.807, 2.05) is 20.8 Å². The number of piperidine rings is 1. The number of nitrogens with one attached hydrogen (secondary N) is 1. The molecule has 2 fully saturated rings. The van der Waals surface area contributed by atoms with E-state index >= 15 is 0 Å². The van der Waals surface area contributed by atoms with Gasteiger partial charge in [0.2, 0.25) is 0 Å². The second kappa shape index (κ2) is 5.71. The Morgan fingerprint density at radius 1 is 1.43 bits per heavy atom. The molecule has 1 atom stereocenters. The van der Waals surface area contributed by atoms with Gasteiger partial charge in [-0.3, -0.25) is 0 Å². The molecule has 0 aromatic carbocycles. The van der Waals surface area contributed by atoms with Gasteiger partial charge in [-0.25, -0.2) is 9.59 Å². The van der Waals surface area contributed by atoms with Crippen molar-refractivity contribution in [3.05, 3.63) is 0 Å². The van der Waals surface area contributed by atoms with Crippen molar-refractivity contribution in [1.29, 1.82) is 0 Å². The highest BCUT2D eigenvalue weighted by Crippen LogP contribution is 2.27. The van der Waals surface area contributed by atoms with Crippen LogP contribution in [0.4, 0.5) is 9.59 Å². The molecule has 7 nitrogen and oxygen atoms in total. The zero-order chi connectivity index (χ0) is 15.7. The molecule has 3 amide bonds. The molecule has 1 unspecified atom stereocenters. The van der Waals surface area contributed by atoms with Crippen molar-refractivity contribution >= 4 is 12.1 Å². The fourth-order valence-corrected chi connectivity index (χ4v) is 2.93. The van der Waals surface area contributed by atoms with Crippen molar-refractivity contribution in [2.24, 2.45) is 0 Å². The van der Waals surface area contributed by atoms with E-state index in [-0.39, 0.29) is 18.7 Å². The maximum Gasteiger partial charge on any atom is 0.410 e. The highest BCUT2D eigenvalue weighted by atomic mass is 16.6. The van der Waals surface area contributed by atoms with E-state index in [1.165, 1.54) is 0 Å². The number of nitrogens with zero attached hydrogens (tertiary/aromatic N) is 2. The van der Waals surface area contributed by atoms with Gasteiger partial charge in [-0.15, -0.1) is 0 Å². The van der Waals surface area contributed by atoms with Crippen LogP contribution in [0.1, 0.15) is 33.6 Å². The number of carbonyl (C=O) groups excluding carboxylic acids is 2. The molecule has 0 aromatic rings. The van der Waals surface area contributed by atoms with Gasteiger partial charge in [0.15, 0.2) is 0 Å². The molecular weight excluding hydrogens is 274 g/mol. The molecular formula is C14H25N3O4. The fourth-order valence-electron chi connectivity index (χ4n) is 2.93. The number of hydrogen-bond acceptors (Lipinski definition) is 4. The molecule has 7 heteroatoms. The summed E-state index contributed by atoms with van der Waals surface area (Å²) in [7, 11) is 0. The summed E-state index contributed by atoms with van der Waals surface area (Å²) in [6, 6.07) is -0.171. The van der Waals surface area contributed by atoms with Crippen LogP contribution >= 0.6 is 0 Å². The second-order valence-corrected chi connectivity index (χ2v) is 6.86. The molecule has 0 aliphatic carbocycles. The van der Waals surface area contributed by atoms with E-state index in [0.717, 1.165) is 12.8 Å². The Morgan fingerprint density at radius 3 is 2.76 bits per heavy atom. The molecule has 2 aliphatic heterocycles. The minimum absolute atomic E-state index is 0.0563. The lowest BCUT2D eigenvalue weighted by Gasteiger charge is -2.40. The Balaban J connectivity index is 2.01. The maximum absolute atomic E-state index is 12.2. The van der Waals surface area contributed by atoms with Crippen LogP contribution in [-0.2, 0) is 4.74 Å². The Hall–Kier alpha value is -1.50. The van der Waals surface area contributed by atoms with Crippen molar-refractivity contribution in [3.8, 4) is 0 Å². The molecule has 2 aliphatic rings. The average Bonchev–Trinajstić information content (AvgIpc) is 2.64. The lowest BCUT2D eigenvalue weighted by molar-refractivity contribution is 0.0127. The van der Waals surface area contributed by atoms with Crippen molar-refractivity contribution in [2.75, 3.05) is 32.8 Å². The summed E-state index contributed by atoms with van der Waals surface area (Å²) in [5.74, 6) is 0. The summed E-state index contributed by atoms with van der Waals surface area (Å²) < 4.78 is 5.40. The zero-order valence-corrected chi connectivity index (χ0v) is 13.0. The quantitative estimate of drug-likeness (QED) is 0.789. The third kappa shape index (κ3) is 3.78. The van der Waals surface area contributed by atoms with Crippen LogP contribution in [0.5, 0.6) is 0 Å². The van der Waals surface area contributed by atoms with Crippen LogP contribution in [0, 0.1) is 0 Å². The van der Waals surface area contributed by atoms with E-state index in [2.05, 4.69) is 5.32 Å². The summed E-state index contributed by atoms with van der Waals surface area (Å²) in [6.07, 6.45) is 1.32. The molecule has 0 aromatic heterocycles. The van der Waals surface area contributed by atoms with Gasteiger partial charge in [0, 0.05) is 26.2 Å². The van der Waals surface area contributed by atoms with Crippen LogP contribution in [0.3, 0.4) is 0 Å². The smallest absolute Gasteiger partial charge is 0.410 e. The maximum atomic E-state index is 12.2. The summed E-state index contributed by atoms with van der Waals surface area (Å²) in [4.78, 5) is 27.4. The monoisotopic (exact) mass is 299 g/mol. The molecule has 1 spiro atoms. The molecule has 2 heterocycles. The Morgan fingerprint density at radius 2 is 2.14 bits per heavy atom. The SMILES string of the molecule is CC(C)(C)OC(=O)N1CCCC2(CN(CCO)C(=O)N2)C1. The Bertz CT molecular complexity index is 421. The minimum Gasteiger partial charge on any atom is -0.444 e. The number of amides is 3. The van der Waals surface area contributed by atoms with E-state index in [9.17, 15) is 9.59 Å². The topological polar surface area (TPSA) is 82.1 Å². The third-order valence-corrected chi connectivity index (χ3v) is 3.75. The van der Waals surface area contributed by atoms with Gasteiger partial charge in [-0.2, -0.15) is 0 Å². The van der Waals surface area contributed by atoms with Crippen LogP contribution in [0.2, 0.25) is 0 Å². The van der Waals surface area contributed by atoms with Gasteiger partial charge >= 0.3 is 12.1 Å². The summed E-state index contributed by atoms with van der Waals surface area (Å²) in [5.41, 5.74) is -0.940. The Kier molecular flexibility index (Phi) is 4.32. The first kappa shape index (κ1) is 15.9. The number of hydrogen-bond donors (Lipinski definition) is 2. The van der Waals surface area contributed by atoms with E-state index in [4.69, 9.17) is 9.84 Å². The number of likely N-dealkylation sites (tertiary alicyclic amines) is 1. The van der Waals surface area contributed by atoms with Crippen molar-refractivity contribution in [3.63, 3.8) is 0 Å². The van der Waals surface area contributed by atoms with E-state index in [1.54, 1.807) is 9.80 Å². The molecule has 2 N–H and O–H groups in total. The fraction of sp³-hybridized carbons (Fsp3) is 0.857. The normalized spacial score (nSPS) is 26.2. The molecule has 2 saturated heterocycles. The standard InChI is InChI=1S/C14H25N3O4/c1-13(2,3)21-12(20)17-6-4-5-14(10-17)9-16(7-8-18)11(19)15-14/h18H,4-10H2,1-3H3,(H,15,19). The van der Waals surface area contributed by atoms with Crippen molar-refractivity contribution in [2.45, 2.75) is 44.8 Å². The largest absolute Gasteiger partial charge is 0.444 e. The number of β-amino-alcohol motifs (C(OH)–C–C–N with tert-alkyl or cyclic N) is 1. The number of ether oxygens (including phenoxy) is 1. The van der Waals surface area contributed by atoms with Crippen molar-refractivity contribution < 1.29 is 19.4 Å². The predicted molar refractivity (Wildman–Crippen MR) is 77.0 cm³/mol. The molecule has 120 valence electrons. The van der Waals surface area contributed by atoms with Crippen LogP contribution < -0.4 is 5.32 Å². The number of carbonyl (C=O) groups is 2. The van der Waals surface area contributed by atoms with Gasteiger partial charge in [0.25, 0.3) is 0 Å². The van der Waals surface area contributed by atoms with Gasteiger partial charge in [-0.1, -0.05) is 0 Å². The van der Waals surface area contributed by atoms with Crippen LogP contribution in [0.15, 0.2) is 0 Å². The van der Waals surface area contributed by atoms with Crippen LogP contribution in [0.25, 0.3) is 0 Å². The average molecular weight is 299 g/mol. The summed E-state index contributed by atoms with van der Waals surface area (Å²) in [6.45, 7) is 7.40. The molecule has 0 bridgehead atoms. The third-order valence-electron chi connectivity index (χ3n) is 3.75. The van der Waals surface area contributed by atoms with Gasteiger partial charge < -0.3 is 25.0 Å². The molecule has 0 radical (unpaired) electrons. The molecule has 0 saturated carbocycles. The van der Waals surface area contributed by atoms with E-state index in [0.29, 0.717) is 26.2 Å². The van der Waals surface area contributed by atoms with Crippen LogP contribution in [-0.4, -0.2) is 71.0 Å². The number of urea groups is 1. The lowest BCUT2D eigenvalue weighted by Crippen LogP contribution is -2.58. The highest BCUT2D eigenvalue weighted by molar-refractivity contribution is 5.78. The first-order valence-corrected chi connectivity index (χ1v) is 7.41. The number of aliphatic hydroxyl groups excluding tert-OH is 1. The molecule has 21 heavy (non-hydrogen) atoms. The molecule has 2 rings (SSSR count). The second-order valence-electron chi connectivity index (χ2n) is 6.86. The van der Waals surface area contributed by atoms with Gasteiger partial charge in [-0.05, 0) is 33.6 Å². The highest BCUT2D eigenvalue weighted by Gasteiger charge is 2.46. The minimum atomic E-state index is -0.524. The first-order valence-electron chi connectivity index (χ1n) is 7.41. The van der Waals surface area contributed by atoms with E-state index < -0.39 is 11.1 Å². The lowest BCUT2D eigenvalue weighted by atomic mass is 9.90. The van der Waals surface area contributed by atoms with Gasteiger partial charge in [0.05, 0.1) is 12.1 Å². The zero-order valence-electron chi connectivity index (χ0n) is 13.0. The summed E-state index contributed by atoms with van der Waals surface area (Å²) in [5, 5.41) is 12.0. The van der Waals surface area contributed by atoms with Crippen molar-refractivity contribution in [1.82, 2.24) is 15.1 Å². The first-order chi connectivity index (χ1) is 9.75. The van der Waals surface area contributed by atoms with Gasteiger partial charge in [0.1, 0.15) is 5.60 Å². The Labute approximate surface area is 125 Å². The number of rotatable bonds is 2. The number of aliphatic hydroxyl groups is 1.